The van der Waals surface area contributed by atoms with Crippen molar-refractivity contribution in [1.29, 1.82) is 0 Å². The zero-order valence-corrected chi connectivity index (χ0v) is 46.1. The highest BCUT2D eigenvalue weighted by molar-refractivity contribution is 5.76. The van der Waals surface area contributed by atoms with E-state index in [-0.39, 0.29) is 18.5 Å². The van der Waals surface area contributed by atoms with Gasteiger partial charge in [0.2, 0.25) is 5.91 Å². The first kappa shape index (κ1) is 66.6. The molecule has 0 radical (unpaired) electrons. The van der Waals surface area contributed by atoms with Gasteiger partial charge in [0.05, 0.1) is 25.4 Å². The molecule has 0 aromatic carbocycles. The highest BCUT2D eigenvalue weighted by atomic mass is 16.5. The average molecular weight is 961 g/mol. The smallest absolute Gasteiger partial charge is 0.305 e. The topological polar surface area (TPSA) is 95.9 Å². The molecule has 404 valence electrons. The van der Waals surface area contributed by atoms with Gasteiger partial charge in [-0.1, -0.05) is 315 Å². The van der Waals surface area contributed by atoms with Crippen molar-refractivity contribution >= 4 is 11.9 Å². The molecule has 0 saturated heterocycles. The quantitative estimate of drug-likeness (QED) is 0.0321. The second-order valence-electron chi connectivity index (χ2n) is 21.4. The molecule has 6 heteroatoms. The summed E-state index contributed by atoms with van der Waals surface area (Å²) in [4.78, 5) is 24.5. The Balaban J connectivity index is 3.35. The summed E-state index contributed by atoms with van der Waals surface area (Å²) in [6.45, 7) is 4.92. The lowest BCUT2D eigenvalue weighted by atomic mass is 10.0. The lowest BCUT2D eigenvalue weighted by molar-refractivity contribution is -0.143. The van der Waals surface area contributed by atoms with Crippen LogP contribution in [0.2, 0.25) is 0 Å². The number of carbonyl (C=O) groups is 2. The van der Waals surface area contributed by atoms with Gasteiger partial charge in [0.1, 0.15) is 0 Å². The fourth-order valence-electron chi connectivity index (χ4n) is 9.81. The van der Waals surface area contributed by atoms with Gasteiger partial charge in [-0.15, -0.1) is 0 Å². The molecule has 0 aliphatic rings. The molecule has 0 saturated carbocycles. The molecule has 0 aromatic rings. The summed E-state index contributed by atoms with van der Waals surface area (Å²) in [7, 11) is 0. The Morgan fingerprint density at radius 1 is 0.397 bits per heavy atom. The first-order chi connectivity index (χ1) is 33.5. The van der Waals surface area contributed by atoms with E-state index >= 15 is 0 Å². The van der Waals surface area contributed by atoms with Crippen LogP contribution in [0.5, 0.6) is 0 Å². The molecule has 2 unspecified atom stereocenters. The number of nitrogens with one attached hydrogen (secondary N) is 1. The van der Waals surface area contributed by atoms with Crippen LogP contribution in [0.3, 0.4) is 0 Å². The zero-order valence-electron chi connectivity index (χ0n) is 46.1. The highest BCUT2D eigenvalue weighted by Gasteiger charge is 2.18. The standard InChI is InChI=1S/C62H121NO5/c1-3-5-7-9-11-13-15-17-18-29-32-36-40-44-48-52-56-62(67)68-57-53-49-45-41-37-33-30-27-25-23-21-19-20-22-24-26-28-31-35-39-43-47-51-55-61(66)63-59(58-64)60(65)54-50-46-42-38-34-16-14-12-10-8-6-4-2/h50,54,59-60,64-65H,3-49,51-53,55-58H2,1-2H3,(H,63,66)/b54-50+. The SMILES string of the molecule is CCCCCCCCCCCC/C=C/C(O)C(CO)NC(=O)CCCCCCCCCCCCCCCCCCCCCCCCCOC(=O)CCCCCCCCCCCCCCCCCC. The van der Waals surface area contributed by atoms with Crippen LogP contribution in [0.1, 0.15) is 348 Å². The Morgan fingerprint density at radius 2 is 0.676 bits per heavy atom. The van der Waals surface area contributed by atoms with Gasteiger partial charge in [-0.2, -0.15) is 0 Å². The van der Waals surface area contributed by atoms with Crippen molar-refractivity contribution in [3.63, 3.8) is 0 Å². The van der Waals surface area contributed by atoms with Gasteiger partial charge in [0, 0.05) is 12.8 Å². The Labute approximate surface area is 425 Å². The molecule has 0 spiro atoms. The van der Waals surface area contributed by atoms with E-state index in [9.17, 15) is 19.8 Å². The third-order valence-corrected chi connectivity index (χ3v) is 14.6. The van der Waals surface area contributed by atoms with E-state index < -0.39 is 12.1 Å². The molecule has 0 aliphatic heterocycles. The Bertz CT molecular complexity index is 1020. The highest BCUT2D eigenvalue weighted by Crippen LogP contribution is 2.18. The molecule has 68 heavy (non-hydrogen) atoms. The van der Waals surface area contributed by atoms with Gasteiger partial charge in [-0.25, -0.2) is 0 Å². The van der Waals surface area contributed by atoms with Crippen LogP contribution in [0.25, 0.3) is 0 Å². The van der Waals surface area contributed by atoms with E-state index in [0.717, 1.165) is 38.5 Å². The molecule has 2 atom stereocenters. The van der Waals surface area contributed by atoms with Gasteiger partial charge in [-0.05, 0) is 32.1 Å². The summed E-state index contributed by atoms with van der Waals surface area (Å²) in [5.74, 6) is -0.0487. The average Bonchev–Trinajstić information content (AvgIpc) is 3.34. The minimum Gasteiger partial charge on any atom is -0.466 e. The normalized spacial score (nSPS) is 12.6. The lowest BCUT2D eigenvalue weighted by Gasteiger charge is -2.20. The summed E-state index contributed by atoms with van der Waals surface area (Å²) >= 11 is 0. The van der Waals surface area contributed by atoms with Crippen molar-refractivity contribution in [2.45, 2.75) is 360 Å². The van der Waals surface area contributed by atoms with Crippen LogP contribution in [0.15, 0.2) is 12.2 Å². The number of aliphatic hydroxyl groups is 2. The minimum atomic E-state index is -0.842. The summed E-state index contributed by atoms with van der Waals surface area (Å²) in [5.41, 5.74) is 0. The minimum absolute atomic E-state index is 0.0178. The Kier molecular flexibility index (Phi) is 57.0. The van der Waals surface area contributed by atoms with Crippen LogP contribution in [-0.4, -0.2) is 47.4 Å². The fraction of sp³-hybridized carbons (Fsp3) is 0.935. The van der Waals surface area contributed by atoms with Crippen LogP contribution < -0.4 is 5.32 Å². The maximum absolute atomic E-state index is 12.4. The van der Waals surface area contributed by atoms with Crippen molar-refractivity contribution < 1.29 is 24.5 Å². The number of ether oxygens (including phenoxy) is 1. The maximum Gasteiger partial charge on any atom is 0.305 e. The molecular weight excluding hydrogens is 839 g/mol. The Hall–Kier alpha value is -1.40. The molecule has 1 amide bonds. The van der Waals surface area contributed by atoms with Crippen LogP contribution in [0.4, 0.5) is 0 Å². The summed E-state index contributed by atoms with van der Waals surface area (Å²) < 4.78 is 5.50. The largest absolute Gasteiger partial charge is 0.466 e. The molecule has 0 fully saturated rings. The number of unbranched alkanes of at least 4 members (excludes halogenated alkanes) is 47. The van der Waals surface area contributed by atoms with Crippen LogP contribution >= 0.6 is 0 Å². The molecular formula is C62H121NO5. The van der Waals surface area contributed by atoms with Crippen LogP contribution in [0, 0.1) is 0 Å². The predicted molar refractivity (Wildman–Crippen MR) is 297 cm³/mol. The third-order valence-electron chi connectivity index (χ3n) is 14.6. The second-order valence-corrected chi connectivity index (χ2v) is 21.4. The number of hydrogen-bond acceptors (Lipinski definition) is 5. The van der Waals surface area contributed by atoms with E-state index in [1.54, 1.807) is 6.08 Å². The van der Waals surface area contributed by atoms with Crippen molar-refractivity contribution in [2.75, 3.05) is 13.2 Å². The number of carbonyl (C=O) groups excluding carboxylic acids is 2. The zero-order chi connectivity index (χ0) is 49.3. The van der Waals surface area contributed by atoms with E-state index in [0.29, 0.717) is 19.4 Å². The summed E-state index contributed by atoms with van der Waals surface area (Å²) in [6.07, 6.45) is 69.7. The van der Waals surface area contributed by atoms with Gasteiger partial charge < -0.3 is 20.3 Å². The van der Waals surface area contributed by atoms with Crippen molar-refractivity contribution in [3.05, 3.63) is 12.2 Å². The van der Waals surface area contributed by atoms with E-state index in [1.165, 1.54) is 283 Å². The van der Waals surface area contributed by atoms with E-state index in [2.05, 4.69) is 19.2 Å². The number of amides is 1. The van der Waals surface area contributed by atoms with Crippen LogP contribution in [-0.2, 0) is 14.3 Å². The van der Waals surface area contributed by atoms with Gasteiger partial charge >= 0.3 is 5.97 Å². The van der Waals surface area contributed by atoms with Gasteiger partial charge in [-0.3, -0.25) is 9.59 Å². The summed E-state index contributed by atoms with van der Waals surface area (Å²) in [5, 5.41) is 23.1. The molecule has 0 heterocycles. The summed E-state index contributed by atoms with van der Waals surface area (Å²) in [6, 6.07) is -0.625. The lowest BCUT2D eigenvalue weighted by Crippen LogP contribution is -2.45. The molecule has 0 aliphatic carbocycles. The molecule has 6 nitrogen and oxygen atoms in total. The first-order valence-electron chi connectivity index (χ1n) is 31.0. The number of esters is 1. The molecule has 0 bridgehead atoms. The Morgan fingerprint density at radius 3 is 1.00 bits per heavy atom. The van der Waals surface area contributed by atoms with E-state index in [1.807, 2.05) is 6.08 Å². The number of aliphatic hydroxyl groups excluding tert-OH is 2. The third kappa shape index (κ3) is 53.9. The van der Waals surface area contributed by atoms with Gasteiger partial charge in [0.25, 0.3) is 0 Å². The van der Waals surface area contributed by atoms with E-state index in [4.69, 9.17) is 4.74 Å². The number of rotatable bonds is 58. The van der Waals surface area contributed by atoms with Crippen molar-refractivity contribution in [1.82, 2.24) is 5.32 Å². The first-order valence-corrected chi connectivity index (χ1v) is 31.0. The number of allylic oxidation sites excluding steroid dienone is 1. The number of hydrogen-bond donors (Lipinski definition) is 3. The molecule has 0 aromatic heterocycles. The van der Waals surface area contributed by atoms with Gasteiger partial charge in [0.15, 0.2) is 0 Å². The second kappa shape index (κ2) is 58.2. The fourth-order valence-corrected chi connectivity index (χ4v) is 9.81. The van der Waals surface area contributed by atoms with Crippen molar-refractivity contribution in [2.24, 2.45) is 0 Å². The predicted octanol–water partition coefficient (Wildman–Crippen LogP) is 19.2. The molecule has 0 rings (SSSR count). The van der Waals surface area contributed by atoms with Crippen molar-refractivity contribution in [3.8, 4) is 0 Å². The maximum atomic E-state index is 12.4. The monoisotopic (exact) mass is 960 g/mol. The molecule has 3 N–H and O–H groups in total.